The van der Waals surface area contributed by atoms with Crippen molar-refractivity contribution in [1.29, 1.82) is 0 Å². The molecule has 1 unspecified atom stereocenters. The van der Waals surface area contributed by atoms with E-state index in [4.69, 9.17) is 4.74 Å². The number of amides is 1. The average molecular weight is 341 g/mol. The fourth-order valence-electron chi connectivity index (χ4n) is 2.32. The van der Waals surface area contributed by atoms with Crippen molar-refractivity contribution in [3.63, 3.8) is 0 Å². The lowest BCUT2D eigenvalue weighted by Gasteiger charge is -2.29. The molecule has 1 aliphatic rings. The summed E-state index contributed by atoms with van der Waals surface area (Å²) in [5, 5.41) is 3.05. The average Bonchev–Trinajstić information content (AvgIpc) is 2.39. The van der Waals surface area contributed by atoms with E-state index in [1.54, 1.807) is 0 Å². The Morgan fingerprint density at radius 2 is 2.15 bits per heavy atom. The molecule has 1 saturated heterocycles. The number of ether oxygens (including phenoxy) is 1. The van der Waals surface area contributed by atoms with Gasteiger partial charge in [-0.05, 0) is 47.5 Å². The minimum absolute atomic E-state index is 0.0300. The molecule has 5 heteroatoms. The van der Waals surface area contributed by atoms with Crippen LogP contribution in [0.2, 0.25) is 0 Å². The van der Waals surface area contributed by atoms with E-state index in [9.17, 15) is 4.79 Å². The SMILES string of the molecule is Cc1ccc(C(=O)NC(C)CN2CCOCC2)c(Br)c1. The third-order valence-corrected chi connectivity index (χ3v) is 4.04. The Balaban J connectivity index is 1.89. The van der Waals surface area contributed by atoms with E-state index in [0.29, 0.717) is 5.56 Å². The Morgan fingerprint density at radius 1 is 1.45 bits per heavy atom. The van der Waals surface area contributed by atoms with Crippen molar-refractivity contribution >= 4 is 21.8 Å². The van der Waals surface area contributed by atoms with Crippen LogP contribution >= 0.6 is 15.9 Å². The molecule has 1 aliphatic heterocycles. The van der Waals surface area contributed by atoms with Crippen molar-refractivity contribution in [2.24, 2.45) is 0 Å². The second-order valence-electron chi connectivity index (χ2n) is 5.27. The lowest BCUT2D eigenvalue weighted by atomic mass is 10.1. The molecule has 110 valence electrons. The summed E-state index contributed by atoms with van der Waals surface area (Å²) in [6, 6.07) is 5.89. The van der Waals surface area contributed by atoms with E-state index >= 15 is 0 Å². The molecule has 2 rings (SSSR count). The summed E-state index contributed by atoms with van der Waals surface area (Å²) in [6.45, 7) is 8.35. The van der Waals surface area contributed by atoms with Gasteiger partial charge >= 0.3 is 0 Å². The Hall–Kier alpha value is -0.910. The number of rotatable bonds is 4. The van der Waals surface area contributed by atoms with Crippen LogP contribution in [0.1, 0.15) is 22.8 Å². The molecule has 1 aromatic carbocycles. The molecule has 0 saturated carbocycles. The number of benzene rings is 1. The minimum Gasteiger partial charge on any atom is -0.379 e. The molecule has 1 N–H and O–H groups in total. The van der Waals surface area contributed by atoms with Crippen LogP contribution in [0, 0.1) is 6.92 Å². The van der Waals surface area contributed by atoms with Gasteiger partial charge in [-0.2, -0.15) is 0 Å². The molecule has 0 spiro atoms. The van der Waals surface area contributed by atoms with Crippen LogP contribution in [0.4, 0.5) is 0 Å². The Labute approximate surface area is 128 Å². The summed E-state index contributed by atoms with van der Waals surface area (Å²) in [5.74, 6) is -0.0300. The Morgan fingerprint density at radius 3 is 2.80 bits per heavy atom. The van der Waals surface area contributed by atoms with Crippen molar-refractivity contribution in [1.82, 2.24) is 10.2 Å². The number of morpholine rings is 1. The van der Waals surface area contributed by atoms with E-state index in [2.05, 4.69) is 26.1 Å². The zero-order chi connectivity index (χ0) is 14.5. The molecule has 1 aromatic rings. The molecular formula is C15H21BrN2O2. The molecule has 0 aromatic heterocycles. The van der Waals surface area contributed by atoms with Gasteiger partial charge in [0.1, 0.15) is 0 Å². The zero-order valence-electron chi connectivity index (χ0n) is 12.0. The van der Waals surface area contributed by atoms with Crippen molar-refractivity contribution in [3.05, 3.63) is 33.8 Å². The van der Waals surface area contributed by atoms with Gasteiger partial charge in [0.05, 0.1) is 18.8 Å². The number of carbonyl (C=O) groups is 1. The van der Waals surface area contributed by atoms with Gasteiger partial charge < -0.3 is 10.1 Å². The topological polar surface area (TPSA) is 41.6 Å². The van der Waals surface area contributed by atoms with Crippen LogP contribution in [0.15, 0.2) is 22.7 Å². The molecule has 4 nitrogen and oxygen atoms in total. The monoisotopic (exact) mass is 340 g/mol. The van der Waals surface area contributed by atoms with Crippen LogP contribution in [0.3, 0.4) is 0 Å². The molecule has 1 heterocycles. The lowest BCUT2D eigenvalue weighted by molar-refractivity contribution is 0.0342. The first-order valence-corrected chi connectivity index (χ1v) is 7.72. The van der Waals surface area contributed by atoms with Crippen molar-refractivity contribution in [3.8, 4) is 0 Å². The summed E-state index contributed by atoms with van der Waals surface area (Å²) >= 11 is 3.45. The standard InChI is InChI=1S/C15H21BrN2O2/c1-11-3-4-13(14(16)9-11)15(19)17-12(2)10-18-5-7-20-8-6-18/h3-4,9,12H,5-8,10H2,1-2H3,(H,17,19). The summed E-state index contributed by atoms with van der Waals surface area (Å²) < 4.78 is 6.16. The first-order valence-electron chi connectivity index (χ1n) is 6.93. The molecule has 0 radical (unpaired) electrons. The van der Waals surface area contributed by atoms with E-state index in [0.717, 1.165) is 42.9 Å². The van der Waals surface area contributed by atoms with E-state index in [-0.39, 0.29) is 11.9 Å². The summed E-state index contributed by atoms with van der Waals surface area (Å²) in [5.41, 5.74) is 1.82. The maximum Gasteiger partial charge on any atom is 0.252 e. The number of aryl methyl sites for hydroxylation is 1. The predicted molar refractivity (Wildman–Crippen MR) is 83.1 cm³/mol. The predicted octanol–water partition coefficient (Wildman–Crippen LogP) is 2.21. The van der Waals surface area contributed by atoms with Gasteiger partial charge in [0, 0.05) is 30.1 Å². The highest BCUT2D eigenvalue weighted by Gasteiger charge is 2.17. The molecular weight excluding hydrogens is 320 g/mol. The second kappa shape index (κ2) is 7.20. The first kappa shape index (κ1) is 15.5. The molecule has 1 fully saturated rings. The van der Waals surface area contributed by atoms with Crippen LogP contribution in [0.25, 0.3) is 0 Å². The number of hydrogen-bond donors (Lipinski definition) is 1. The quantitative estimate of drug-likeness (QED) is 0.913. The third-order valence-electron chi connectivity index (χ3n) is 3.38. The summed E-state index contributed by atoms with van der Waals surface area (Å²) in [4.78, 5) is 14.6. The Kier molecular flexibility index (Phi) is 5.57. The van der Waals surface area contributed by atoms with Gasteiger partial charge in [-0.15, -0.1) is 0 Å². The van der Waals surface area contributed by atoms with Crippen LogP contribution in [-0.4, -0.2) is 49.7 Å². The van der Waals surface area contributed by atoms with Gasteiger partial charge in [0.25, 0.3) is 5.91 Å². The molecule has 1 amide bonds. The number of nitrogens with zero attached hydrogens (tertiary/aromatic N) is 1. The number of halogens is 1. The molecule has 0 aliphatic carbocycles. The summed E-state index contributed by atoms with van der Waals surface area (Å²) in [7, 11) is 0. The van der Waals surface area contributed by atoms with Gasteiger partial charge in [0.15, 0.2) is 0 Å². The van der Waals surface area contributed by atoms with Crippen LogP contribution < -0.4 is 5.32 Å². The van der Waals surface area contributed by atoms with E-state index < -0.39 is 0 Å². The zero-order valence-corrected chi connectivity index (χ0v) is 13.6. The van der Waals surface area contributed by atoms with Crippen molar-refractivity contribution < 1.29 is 9.53 Å². The van der Waals surface area contributed by atoms with Gasteiger partial charge in [-0.3, -0.25) is 9.69 Å². The number of hydrogen-bond acceptors (Lipinski definition) is 3. The highest BCUT2D eigenvalue weighted by Crippen LogP contribution is 2.18. The van der Waals surface area contributed by atoms with Crippen molar-refractivity contribution in [2.45, 2.75) is 19.9 Å². The third kappa shape index (κ3) is 4.30. The fourth-order valence-corrected chi connectivity index (χ4v) is 3.00. The Bertz CT molecular complexity index is 473. The largest absolute Gasteiger partial charge is 0.379 e. The maximum absolute atomic E-state index is 12.2. The number of nitrogens with one attached hydrogen (secondary N) is 1. The normalized spacial score (nSPS) is 17.8. The minimum atomic E-state index is -0.0300. The second-order valence-corrected chi connectivity index (χ2v) is 6.13. The number of carbonyl (C=O) groups excluding carboxylic acids is 1. The van der Waals surface area contributed by atoms with Crippen LogP contribution in [-0.2, 0) is 4.74 Å². The van der Waals surface area contributed by atoms with E-state index in [1.807, 2.05) is 32.0 Å². The first-order chi connectivity index (χ1) is 9.56. The van der Waals surface area contributed by atoms with Gasteiger partial charge in [-0.25, -0.2) is 0 Å². The fraction of sp³-hybridized carbons (Fsp3) is 0.533. The maximum atomic E-state index is 12.2. The smallest absolute Gasteiger partial charge is 0.252 e. The van der Waals surface area contributed by atoms with Gasteiger partial charge in [-0.1, -0.05) is 6.07 Å². The van der Waals surface area contributed by atoms with E-state index in [1.165, 1.54) is 0 Å². The molecule has 1 atom stereocenters. The van der Waals surface area contributed by atoms with Crippen molar-refractivity contribution in [2.75, 3.05) is 32.8 Å². The summed E-state index contributed by atoms with van der Waals surface area (Å²) in [6.07, 6.45) is 0. The van der Waals surface area contributed by atoms with Gasteiger partial charge in [0.2, 0.25) is 0 Å². The lowest BCUT2D eigenvalue weighted by Crippen LogP contribution is -2.46. The molecule has 0 bridgehead atoms. The highest BCUT2D eigenvalue weighted by molar-refractivity contribution is 9.10. The van der Waals surface area contributed by atoms with Crippen LogP contribution in [0.5, 0.6) is 0 Å². The highest BCUT2D eigenvalue weighted by atomic mass is 79.9. The molecule has 20 heavy (non-hydrogen) atoms.